The summed E-state index contributed by atoms with van der Waals surface area (Å²) in [5.41, 5.74) is 0. The summed E-state index contributed by atoms with van der Waals surface area (Å²) in [4.78, 5) is 3.61. The van der Waals surface area contributed by atoms with Crippen LogP contribution in [-0.4, -0.2) is 23.0 Å². The van der Waals surface area contributed by atoms with Crippen LogP contribution in [0.5, 0.6) is 0 Å². The van der Waals surface area contributed by atoms with Crippen molar-refractivity contribution in [1.82, 2.24) is 4.98 Å². The van der Waals surface area contributed by atoms with E-state index >= 15 is 0 Å². The van der Waals surface area contributed by atoms with Gasteiger partial charge in [-0.2, -0.15) is 11.8 Å². The van der Waals surface area contributed by atoms with Crippen molar-refractivity contribution in [2.45, 2.75) is 0 Å². The molecule has 0 aliphatic carbocycles. The van der Waals surface area contributed by atoms with E-state index in [1.807, 2.05) is 0 Å². The normalized spacial score (nSPS) is 10.0. The van der Waals surface area contributed by atoms with E-state index in [4.69, 9.17) is 0 Å². The Hall–Kier alpha value is -1.10. The van der Waals surface area contributed by atoms with Gasteiger partial charge in [-0.1, -0.05) is 6.08 Å². The molecular formula is C10H12F2N2S. The van der Waals surface area contributed by atoms with Crippen molar-refractivity contribution < 1.29 is 8.78 Å². The van der Waals surface area contributed by atoms with Crippen LogP contribution in [0, 0.1) is 11.6 Å². The Morgan fingerprint density at radius 3 is 3.00 bits per heavy atom. The minimum Gasteiger partial charge on any atom is -0.367 e. The van der Waals surface area contributed by atoms with Gasteiger partial charge in [-0.15, -0.1) is 6.58 Å². The Balaban J connectivity index is 2.34. The minimum absolute atomic E-state index is 0.0932. The van der Waals surface area contributed by atoms with Crippen molar-refractivity contribution in [2.24, 2.45) is 0 Å². The Morgan fingerprint density at radius 1 is 1.53 bits per heavy atom. The van der Waals surface area contributed by atoms with Crippen LogP contribution in [0.25, 0.3) is 0 Å². The average molecular weight is 230 g/mol. The number of halogens is 2. The molecule has 0 unspecified atom stereocenters. The fraction of sp³-hybridized carbons (Fsp3) is 0.300. The fourth-order valence-electron chi connectivity index (χ4n) is 0.953. The lowest BCUT2D eigenvalue weighted by Crippen LogP contribution is -2.07. The summed E-state index contributed by atoms with van der Waals surface area (Å²) in [6.45, 7) is 4.18. The lowest BCUT2D eigenvalue weighted by Gasteiger charge is -2.05. The van der Waals surface area contributed by atoms with Gasteiger partial charge in [0.05, 0.1) is 6.20 Å². The van der Waals surface area contributed by atoms with Crippen LogP contribution in [0.3, 0.4) is 0 Å². The van der Waals surface area contributed by atoms with Crippen LogP contribution in [0.1, 0.15) is 0 Å². The molecule has 0 atom stereocenters. The molecule has 0 saturated carbocycles. The molecule has 0 fully saturated rings. The van der Waals surface area contributed by atoms with Gasteiger partial charge in [0.2, 0.25) is 0 Å². The predicted molar refractivity (Wildman–Crippen MR) is 60.2 cm³/mol. The molecule has 5 heteroatoms. The Morgan fingerprint density at radius 2 is 2.33 bits per heavy atom. The number of aromatic nitrogens is 1. The van der Waals surface area contributed by atoms with Crippen molar-refractivity contribution in [3.63, 3.8) is 0 Å². The van der Waals surface area contributed by atoms with Gasteiger partial charge in [0.15, 0.2) is 11.6 Å². The summed E-state index contributed by atoms with van der Waals surface area (Å²) in [5, 5.41) is 2.79. The highest BCUT2D eigenvalue weighted by atomic mass is 32.2. The molecule has 1 aromatic heterocycles. The third kappa shape index (κ3) is 4.29. The molecule has 2 nitrogen and oxygen atoms in total. The zero-order valence-corrected chi connectivity index (χ0v) is 8.99. The quantitative estimate of drug-likeness (QED) is 0.600. The van der Waals surface area contributed by atoms with E-state index in [2.05, 4.69) is 16.9 Å². The lowest BCUT2D eigenvalue weighted by molar-refractivity contribution is 0.576. The molecule has 0 aliphatic heterocycles. The Bertz CT molecular complexity index is 331. The van der Waals surface area contributed by atoms with Crippen LogP contribution in [0.15, 0.2) is 24.9 Å². The third-order valence-electron chi connectivity index (χ3n) is 1.58. The second-order valence-electron chi connectivity index (χ2n) is 2.77. The number of nitrogens with one attached hydrogen (secondary N) is 1. The number of rotatable bonds is 6. The molecule has 82 valence electrons. The summed E-state index contributed by atoms with van der Waals surface area (Å²) < 4.78 is 25.5. The van der Waals surface area contributed by atoms with Crippen molar-refractivity contribution in [2.75, 3.05) is 23.4 Å². The average Bonchev–Trinajstić information content (AvgIpc) is 2.20. The van der Waals surface area contributed by atoms with E-state index in [0.717, 1.165) is 23.8 Å². The highest BCUT2D eigenvalue weighted by Crippen LogP contribution is 2.11. The van der Waals surface area contributed by atoms with E-state index < -0.39 is 11.6 Å². The van der Waals surface area contributed by atoms with Crippen molar-refractivity contribution in [3.8, 4) is 0 Å². The molecule has 1 rings (SSSR count). The highest BCUT2D eigenvalue weighted by molar-refractivity contribution is 7.99. The minimum atomic E-state index is -0.668. The SMILES string of the molecule is C=CCSCCNc1ncc(F)cc1F. The maximum atomic E-state index is 13.0. The smallest absolute Gasteiger partial charge is 0.168 e. The molecule has 0 aliphatic rings. The van der Waals surface area contributed by atoms with Crippen molar-refractivity contribution in [3.05, 3.63) is 36.6 Å². The molecule has 15 heavy (non-hydrogen) atoms. The zero-order chi connectivity index (χ0) is 11.1. The largest absolute Gasteiger partial charge is 0.367 e. The van der Waals surface area contributed by atoms with Gasteiger partial charge in [-0.25, -0.2) is 13.8 Å². The van der Waals surface area contributed by atoms with Gasteiger partial charge < -0.3 is 5.32 Å². The third-order valence-corrected chi connectivity index (χ3v) is 2.55. The van der Waals surface area contributed by atoms with E-state index in [9.17, 15) is 8.78 Å². The van der Waals surface area contributed by atoms with Gasteiger partial charge in [0, 0.05) is 24.1 Å². The van der Waals surface area contributed by atoms with E-state index in [1.54, 1.807) is 17.8 Å². The molecule has 0 saturated heterocycles. The highest BCUT2D eigenvalue weighted by Gasteiger charge is 2.03. The topological polar surface area (TPSA) is 24.9 Å². The summed E-state index contributed by atoms with van der Waals surface area (Å²) in [5.74, 6) is 0.448. The van der Waals surface area contributed by atoms with Crippen LogP contribution < -0.4 is 5.32 Å². The predicted octanol–water partition coefficient (Wildman–Crippen LogP) is 2.69. The maximum absolute atomic E-state index is 13.0. The maximum Gasteiger partial charge on any atom is 0.168 e. The summed E-state index contributed by atoms with van der Waals surface area (Å²) in [6, 6.07) is 0.812. The molecule has 0 radical (unpaired) electrons. The number of nitrogens with zero attached hydrogens (tertiary/aromatic N) is 1. The number of hydrogen-bond donors (Lipinski definition) is 1. The number of pyridine rings is 1. The van der Waals surface area contributed by atoms with E-state index in [0.29, 0.717) is 6.54 Å². The van der Waals surface area contributed by atoms with Crippen LogP contribution in [-0.2, 0) is 0 Å². The first-order valence-electron chi connectivity index (χ1n) is 4.47. The Labute approximate surface area is 91.8 Å². The van der Waals surface area contributed by atoms with E-state index in [1.165, 1.54) is 0 Å². The Kier molecular flexibility index (Phi) is 5.10. The number of thioether (sulfide) groups is 1. The van der Waals surface area contributed by atoms with Crippen LogP contribution >= 0.6 is 11.8 Å². The molecule has 1 heterocycles. The lowest BCUT2D eigenvalue weighted by atomic mass is 10.4. The molecular weight excluding hydrogens is 218 g/mol. The molecule has 0 aromatic carbocycles. The second-order valence-corrected chi connectivity index (χ2v) is 3.92. The molecule has 1 aromatic rings. The molecule has 0 bridgehead atoms. The van der Waals surface area contributed by atoms with Gasteiger partial charge in [-0.05, 0) is 0 Å². The molecule has 0 amide bonds. The fourth-order valence-corrected chi connectivity index (χ4v) is 1.53. The first kappa shape index (κ1) is 12.0. The van der Waals surface area contributed by atoms with Gasteiger partial charge in [0.1, 0.15) is 5.82 Å². The van der Waals surface area contributed by atoms with Crippen LogP contribution in [0.4, 0.5) is 14.6 Å². The standard InChI is InChI=1S/C10H12F2N2S/c1-2-4-15-5-3-13-10-9(12)6-8(11)7-14-10/h2,6-7H,1,3-5H2,(H,13,14). The summed E-state index contributed by atoms with van der Waals surface area (Å²) >= 11 is 1.68. The summed E-state index contributed by atoms with van der Waals surface area (Å²) in [6.07, 6.45) is 2.80. The van der Waals surface area contributed by atoms with Gasteiger partial charge >= 0.3 is 0 Å². The summed E-state index contributed by atoms with van der Waals surface area (Å²) in [7, 11) is 0. The number of anilines is 1. The zero-order valence-electron chi connectivity index (χ0n) is 8.17. The van der Waals surface area contributed by atoms with E-state index in [-0.39, 0.29) is 5.82 Å². The molecule has 0 spiro atoms. The molecule has 1 N–H and O–H groups in total. The van der Waals surface area contributed by atoms with Gasteiger partial charge in [0.25, 0.3) is 0 Å². The van der Waals surface area contributed by atoms with Crippen LogP contribution in [0.2, 0.25) is 0 Å². The first-order valence-corrected chi connectivity index (χ1v) is 5.63. The second kappa shape index (κ2) is 6.40. The first-order chi connectivity index (χ1) is 7.24. The van der Waals surface area contributed by atoms with Crippen molar-refractivity contribution in [1.29, 1.82) is 0 Å². The number of hydrogen-bond acceptors (Lipinski definition) is 3. The van der Waals surface area contributed by atoms with Gasteiger partial charge in [-0.3, -0.25) is 0 Å². The monoisotopic (exact) mass is 230 g/mol. The van der Waals surface area contributed by atoms with Crippen molar-refractivity contribution >= 4 is 17.6 Å².